The molecule has 2 N–H and O–H groups in total. The second-order valence-electron chi connectivity index (χ2n) is 8.21. The van der Waals surface area contributed by atoms with E-state index < -0.39 is 19.2 Å². The van der Waals surface area contributed by atoms with Crippen LogP contribution >= 0.6 is 18.1 Å². The lowest BCUT2D eigenvalue weighted by molar-refractivity contribution is -0.0184. The van der Waals surface area contributed by atoms with E-state index in [1.165, 1.54) is 4.67 Å². The predicted octanol–water partition coefficient (Wildman–Crippen LogP) is 3.42. The molecule has 2 unspecified atom stereocenters. The number of rotatable bonds is 8. The summed E-state index contributed by atoms with van der Waals surface area (Å²) in [7, 11) is 3.22. The minimum atomic E-state index is -3.47. The van der Waals surface area contributed by atoms with E-state index in [1.54, 1.807) is 25.0 Å². The fraction of sp³-hybridized carbons (Fsp3) is 0.722. The van der Waals surface area contributed by atoms with Crippen LogP contribution in [-0.2, 0) is 13.8 Å². The summed E-state index contributed by atoms with van der Waals surface area (Å²) in [6, 6.07) is 0. The summed E-state index contributed by atoms with van der Waals surface area (Å²) in [4.78, 5) is 24.0. The van der Waals surface area contributed by atoms with Crippen LogP contribution in [0.3, 0.4) is 0 Å². The van der Waals surface area contributed by atoms with Gasteiger partial charge in [0.15, 0.2) is 11.2 Å². The number of imidazole rings is 1. The van der Waals surface area contributed by atoms with E-state index in [0.29, 0.717) is 30.5 Å². The van der Waals surface area contributed by atoms with E-state index >= 15 is 0 Å². The lowest BCUT2D eigenvalue weighted by Gasteiger charge is -2.26. The smallest absolute Gasteiger partial charge is 0.355 e. The van der Waals surface area contributed by atoms with Gasteiger partial charge >= 0.3 is 6.87 Å². The number of ether oxygens (including phenoxy) is 1. The first-order valence-electron chi connectivity index (χ1n) is 10.1. The zero-order valence-corrected chi connectivity index (χ0v) is 19.8. The Hall–Kier alpha value is -1.45. The van der Waals surface area contributed by atoms with E-state index in [2.05, 4.69) is 34.1 Å². The molecular weight excluding hydrogens is 431 g/mol. The molecule has 0 spiro atoms. The fourth-order valence-electron chi connectivity index (χ4n) is 3.43. The molecule has 1 fully saturated rings. The highest BCUT2D eigenvalue weighted by Crippen LogP contribution is 2.58. The molecule has 3 rings (SSSR count). The van der Waals surface area contributed by atoms with Crippen LogP contribution in [0.5, 0.6) is 0 Å². The van der Waals surface area contributed by atoms with Gasteiger partial charge in [-0.3, -0.25) is 23.4 Å². The first kappa shape index (κ1) is 23.2. The van der Waals surface area contributed by atoms with Gasteiger partial charge in [-0.15, -0.1) is 0 Å². The van der Waals surface area contributed by atoms with Gasteiger partial charge in [0.25, 0.3) is 5.56 Å². The number of nitrogens with zero attached hydrogens (tertiary/aromatic N) is 4. The lowest BCUT2D eigenvalue weighted by atomic mass is 10.0. The molecule has 2 aromatic heterocycles. The van der Waals surface area contributed by atoms with E-state index in [4.69, 9.17) is 20.5 Å². The highest BCUT2D eigenvalue weighted by molar-refractivity contribution is 7.83. The SMILES string of the molecule is CC[C@H]1O[C@@H](n2cnc3c(=O)[nH]c(NCC(C)C)nc32)[C@@H](C)C1OP(=O)(Cl)N(C)C. The predicted molar refractivity (Wildman–Crippen MR) is 117 cm³/mol. The van der Waals surface area contributed by atoms with Gasteiger partial charge in [-0.1, -0.05) is 27.7 Å². The molecule has 0 radical (unpaired) electrons. The van der Waals surface area contributed by atoms with Crippen molar-refractivity contribution >= 4 is 35.2 Å². The molecular formula is C18H30ClN6O4P. The number of hydrogen-bond acceptors (Lipinski definition) is 7. The highest BCUT2D eigenvalue weighted by atomic mass is 35.7. The molecule has 0 amide bonds. The van der Waals surface area contributed by atoms with Gasteiger partial charge in [-0.05, 0) is 37.7 Å². The first-order valence-corrected chi connectivity index (χ1v) is 12.6. The summed E-state index contributed by atoms with van der Waals surface area (Å²) in [6.45, 7) is 5.24. The monoisotopic (exact) mass is 460 g/mol. The minimum Gasteiger partial charge on any atom is -0.355 e. The number of fused-ring (bicyclic) bond motifs is 1. The van der Waals surface area contributed by atoms with E-state index in [1.807, 2.05) is 13.8 Å². The summed E-state index contributed by atoms with van der Waals surface area (Å²) in [6.07, 6.45) is 0.911. The summed E-state index contributed by atoms with van der Waals surface area (Å²) >= 11 is 6.13. The molecule has 168 valence electrons. The van der Waals surface area contributed by atoms with Gasteiger partial charge in [0.05, 0.1) is 12.4 Å². The van der Waals surface area contributed by atoms with Crippen LogP contribution in [0.4, 0.5) is 5.95 Å². The number of H-pyrrole nitrogens is 1. The molecule has 0 aromatic carbocycles. The van der Waals surface area contributed by atoms with Crippen molar-refractivity contribution in [2.24, 2.45) is 11.8 Å². The molecule has 0 bridgehead atoms. The number of aromatic amines is 1. The third kappa shape index (κ3) is 4.57. The second kappa shape index (κ2) is 8.96. The molecule has 5 atom stereocenters. The van der Waals surface area contributed by atoms with Crippen molar-refractivity contribution in [3.05, 3.63) is 16.7 Å². The molecule has 2 aromatic rings. The maximum Gasteiger partial charge on any atom is 0.362 e. The summed E-state index contributed by atoms with van der Waals surface area (Å²) < 4.78 is 27.8. The molecule has 0 saturated carbocycles. The normalized spacial score (nSPS) is 26.6. The molecule has 10 nitrogen and oxygen atoms in total. The number of aromatic nitrogens is 4. The van der Waals surface area contributed by atoms with Crippen molar-refractivity contribution in [2.75, 3.05) is 26.0 Å². The van der Waals surface area contributed by atoms with Gasteiger partial charge in [0.1, 0.15) is 12.3 Å². The molecule has 3 heterocycles. The first-order chi connectivity index (χ1) is 14.0. The van der Waals surface area contributed by atoms with Crippen LogP contribution in [0.15, 0.2) is 11.1 Å². The Morgan fingerprint density at radius 3 is 2.77 bits per heavy atom. The average Bonchev–Trinajstić information content (AvgIpc) is 3.21. The van der Waals surface area contributed by atoms with E-state index in [9.17, 15) is 9.36 Å². The molecule has 1 saturated heterocycles. The topological polar surface area (TPSA) is 114 Å². The van der Waals surface area contributed by atoms with Crippen molar-refractivity contribution < 1.29 is 13.8 Å². The minimum absolute atomic E-state index is 0.201. The van der Waals surface area contributed by atoms with Gasteiger partial charge in [-0.25, -0.2) is 9.65 Å². The van der Waals surface area contributed by atoms with Crippen molar-refractivity contribution in [2.45, 2.75) is 52.6 Å². The quantitative estimate of drug-likeness (QED) is 0.576. The van der Waals surface area contributed by atoms with Gasteiger partial charge in [0.2, 0.25) is 5.95 Å². The zero-order chi connectivity index (χ0) is 22.2. The van der Waals surface area contributed by atoms with Gasteiger partial charge < -0.3 is 10.1 Å². The summed E-state index contributed by atoms with van der Waals surface area (Å²) in [5, 5.41) is 3.14. The van der Waals surface area contributed by atoms with E-state index in [0.717, 1.165) is 0 Å². The average molecular weight is 461 g/mol. The lowest BCUT2D eigenvalue weighted by Crippen LogP contribution is -2.29. The van der Waals surface area contributed by atoms with Crippen molar-refractivity contribution in [3.8, 4) is 0 Å². The van der Waals surface area contributed by atoms with Crippen molar-refractivity contribution in [1.29, 1.82) is 0 Å². The standard InChI is InChI=1S/C18H30ClN6O4P/c1-7-12-14(29-30(19,27)24(5)6)11(4)17(28-12)25-9-21-13-15(25)22-18(23-16(13)26)20-8-10(2)3/h9-12,14,17H,7-8H2,1-6H3,(H2,20,22,23,26)/t11-,12+,14?,17+,30?/m0/s1. The van der Waals surface area contributed by atoms with Crippen molar-refractivity contribution in [1.82, 2.24) is 24.2 Å². The summed E-state index contributed by atoms with van der Waals surface area (Å²) in [5.74, 6) is 0.569. The van der Waals surface area contributed by atoms with Gasteiger partial charge in [-0.2, -0.15) is 4.98 Å². The van der Waals surface area contributed by atoms with Crippen LogP contribution in [-0.4, -0.2) is 57.0 Å². The second-order valence-corrected chi connectivity index (χ2v) is 11.4. The third-order valence-corrected chi connectivity index (χ3v) is 7.77. The maximum atomic E-state index is 12.6. The third-order valence-electron chi connectivity index (χ3n) is 5.16. The van der Waals surface area contributed by atoms with Gasteiger partial charge in [0, 0.05) is 12.5 Å². The Balaban J connectivity index is 1.95. The Labute approximate surface area is 180 Å². The summed E-state index contributed by atoms with van der Waals surface area (Å²) in [5.41, 5.74) is 0.321. The van der Waals surface area contributed by atoms with Crippen LogP contribution < -0.4 is 10.9 Å². The van der Waals surface area contributed by atoms with Crippen LogP contribution in [0.2, 0.25) is 0 Å². The molecule has 12 heteroatoms. The van der Waals surface area contributed by atoms with E-state index in [-0.39, 0.29) is 23.1 Å². The highest BCUT2D eigenvalue weighted by Gasteiger charge is 2.46. The van der Waals surface area contributed by atoms with Crippen molar-refractivity contribution in [3.63, 3.8) is 0 Å². The molecule has 0 aliphatic carbocycles. The number of hydrogen-bond donors (Lipinski definition) is 2. The Kier molecular flexibility index (Phi) is 6.94. The number of anilines is 1. The maximum absolute atomic E-state index is 12.6. The Morgan fingerprint density at radius 1 is 1.47 bits per heavy atom. The van der Waals surface area contributed by atoms with Crippen LogP contribution in [0, 0.1) is 11.8 Å². The zero-order valence-electron chi connectivity index (χ0n) is 18.1. The van der Waals surface area contributed by atoms with Crippen LogP contribution in [0.1, 0.15) is 40.3 Å². The molecule has 1 aliphatic heterocycles. The molecule has 1 aliphatic rings. The number of nitrogens with one attached hydrogen (secondary N) is 2. The fourth-order valence-corrected chi connectivity index (χ4v) is 4.53. The van der Waals surface area contributed by atoms with Crippen LogP contribution in [0.25, 0.3) is 11.2 Å². The Morgan fingerprint density at radius 2 is 2.17 bits per heavy atom. The number of halogens is 1. The molecule has 30 heavy (non-hydrogen) atoms. The Bertz CT molecular complexity index is 993. The largest absolute Gasteiger partial charge is 0.362 e.